The molecule has 132 valence electrons. The van der Waals surface area contributed by atoms with Crippen LogP contribution in [0.3, 0.4) is 0 Å². The van der Waals surface area contributed by atoms with Crippen LogP contribution in [-0.2, 0) is 16.4 Å². The Morgan fingerprint density at radius 2 is 2.12 bits per heavy atom. The fraction of sp³-hybridized carbons (Fsp3) is 0.500. The molecule has 2 bridgehead atoms. The molecule has 5 nitrogen and oxygen atoms in total. The monoisotopic (exact) mass is 357 g/mol. The van der Waals surface area contributed by atoms with Crippen molar-refractivity contribution in [2.24, 2.45) is 0 Å². The second-order valence-electron chi connectivity index (χ2n) is 6.38. The summed E-state index contributed by atoms with van der Waals surface area (Å²) in [4.78, 5) is 0. The average molecular weight is 357 g/mol. The van der Waals surface area contributed by atoms with E-state index in [0.717, 1.165) is 11.6 Å². The van der Waals surface area contributed by atoms with Crippen LogP contribution in [0.2, 0.25) is 0 Å². The first-order valence-corrected chi connectivity index (χ1v) is 9.53. The number of rotatable bonds is 3. The van der Waals surface area contributed by atoms with Gasteiger partial charge in [-0.2, -0.15) is 4.31 Å². The Morgan fingerprint density at radius 3 is 2.88 bits per heavy atom. The van der Waals surface area contributed by atoms with E-state index in [-0.39, 0.29) is 35.5 Å². The van der Waals surface area contributed by atoms with Gasteiger partial charge in [-0.1, -0.05) is 12.2 Å². The molecule has 2 aliphatic rings. The van der Waals surface area contributed by atoms with Gasteiger partial charge in [-0.3, -0.25) is 0 Å². The van der Waals surface area contributed by atoms with E-state index >= 15 is 0 Å². The molecule has 0 aliphatic carbocycles. The summed E-state index contributed by atoms with van der Waals surface area (Å²) >= 11 is 0. The first kappa shape index (κ1) is 17.3. The highest BCUT2D eigenvalue weighted by Gasteiger charge is 2.39. The smallest absolute Gasteiger partial charge is 0.214 e. The van der Waals surface area contributed by atoms with Crippen LogP contribution < -0.4 is 11.1 Å². The van der Waals surface area contributed by atoms with Crippen LogP contribution in [0.4, 0.5) is 14.5 Å². The summed E-state index contributed by atoms with van der Waals surface area (Å²) in [5.74, 6) is -1.86. The Hall–Kier alpha value is -1.51. The molecule has 0 radical (unpaired) electrons. The van der Waals surface area contributed by atoms with Crippen LogP contribution in [0.5, 0.6) is 0 Å². The maximum atomic E-state index is 13.9. The number of piperazine rings is 1. The molecule has 2 saturated heterocycles. The maximum Gasteiger partial charge on any atom is 0.214 e. The van der Waals surface area contributed by atoms with E-state index in [1.807, 2.05) is 0 Å². The summed E-state index contributed by atoms with van der Waals surface area (Å²) in [6, 6.07) is 1.97. The number of halogens is 2. The third kappa shape index (κ3) is 3.18. The van der Waals surface area contributed by atoms with Crippen molar-refractivity contribution in [3.05, 3.63) is 41.5 Å². The topological polar surface area (TPSA) is 75.4 Å². The van der Waals surface area contributed by atoms with Gasteiger partial charge in [0.15, 0.2) is 11.6 Å². The van der Waals surface area contributed by atoms with E-state index in [1.165, 1.54) is 10.4 Å². The van der Waals surface area contributed by atoms with Crippen LogP contribution in [0.1, 0.15) is 18.4 Å². The molecule has 3 atom stereocenters. The Bertz CT molecular complexity index is 767. The highest BCUT2D eigenvalue weighted by molar-refractivity contribution is 7.89. The van der Waals surface area contributed by atoms with Crippen molar-refractivity contribution in [3.63, 3.8) is 0 Å². The predicted molar refractivity (Wildman–Crippen MR) is 88.9 cm³/mol. The number of nitrogen functional groups attached to an aromatic ring is 1. The second kappa shape index (κ2) is 6.42. The zero-order chi connectivity index (χ0) is 17.5. The van der Waals surface area contributed by atoms with Crippen LogP contribution in [0.25, 0.3) is 0 Å². The number of hydrogen-bond donors (Lipinski definition) is 2. The molecule has 3 rings (SSSR count). The molecule has 1 aromatic rings. The molecule has 0 amide bonds. The molecular formula is C16H21F2N3O2S. The third-order valence-electron chi connectivity index (χ3n) is 4.86. The third-order valence-corrected chi connectivity index (χ3v) is 6.74. The van der Waals surface area contributed by atoms with Crippen molar-refractivity contribution >= 4 is 15.7 Å². The Morgan fingerprint density at radius 1 is 1.38 bits per heavy atom. The number of benzene rings is 1. The summed E-state index contributed by atoms with van der Waals surface area (Å²) in [7, 11) is -3.37. The molecule has 0 saturated carbocycles. The number of nitrogens with one attached hydrogen (secondary N) is 1. The first-order chi connectivity index (χ1) is 11.3. The zero-order valence-electron chi connectivity index (χ0n) is 13.3. The van der Waals surface area contributed by atoms with Gasteiger partial charge < -0.3 is 11.1 Å². The van der Waals surface area contributed by atoms with Gasteiger partial charge in [-0.15, -0.1) is 0 Å². The molecular weight excluding hydrogens is 336 g/mol. The lowest BCUT2D eigenvalue weighted by molar-refractivity contribution is 0.231. The number of hydrogen-bond acceptors (Lipinski definition) is 4. The molecule has 2 fully saturated rings. The molecule has 0 spiro atoms. The summed E-state index contributed by atoms with van der Waals surface area (Å²) in [5.41, 5.74) is 6.91. The SMILES string of the molecule is C=C1CCS(=O)(=O)N2C[C@@H]1NC[C@@H]2CCc1c(N)ccc(F)c1F. The molecule has 2 heterocycles. The van der Waals surface area contributed by atoms with Crippen molar-refractivity contribution in [2.45, 2.75) is 31.3 Å². The van der Waals surface area contributed by atoms with Gasteiger partial charge in [0.05, 0.1) is 5.75 Å². The molecule has 1 aromatic carbocycles. The molecule has 8 heteroatoms. The molecule has 3 N–H and O–H groups in total. The minimum atomic E-state index is -3.37. The van der Waals surface area contributed by atoms with Crippen LogP contribution in [0, 0.1) is 11.6 Å². The van der Waals surface area contributed by atoms with Crippen LogP contribution >= 0.6 is 0 Å². The summed E-state index contributed by atoms with van der Waals surface area (Å²) in [5, 5.41) is 3.30. The second-order valence-corrected chi connectivity index (χ2v) is 8.42. The van der Waals surface area contributed by atoms with Gasteiger partial charge in [-0.05, 0) is 31.4 Å². The van der Waals surface area contributed by atoms with Gasteiger partial charge in [0.2, 0.25) is 10.0 Å². The van der Waals surface area contributed by atoms with Crippen LogP contribution in [0.15, 0.2) is 24.3 Å². The Kier molecular flexibility index (Phi) is 4.63. The van der Waals surface area contributed by atoms with Gasteiger partial charge in [0.25, 0.3) is 0 Å². The van der Waals surface area contributed by atoms with E-state index in [1.54, 1.807) is 0 Å². The molecule has 0 aromatic heterocycles. The molecule has 1 unspecified atom stereocenters. The number of nitrogens with two attached hydrogens (primary N) is 1. The Labute approximate surface area is 140 Å². The lowest BCUT2D eigenvalue weighted by Gasteiger charge is -2.38. The van der Waals surface area contributed by atoms with Crippen molar-refractivity contribution in [3.8, 4) is 0 Å². The van der Waals surface area contributed by atoms with Crippen LogP contribution in [-0.4, -0.2) is 43.6 Å². The highest BCUT2D eigenvalue weighted by Crippen LogP contribution is 2.27. The molecule has 24 heavy (non-hydrogen) atoms. The zero-order valence-corrected chi connectivity index (χ0v) is 14.1. The number of sulfonamides is 1. The first-order valence-electron chi connectivity index (χ1n) is 7.92. The lowest BCUT2D eigenvalue weighted by Crippen LogP contribution is -2.57. The lowest BCUT2D eigenvalue weighted by atomic mass is 9.98. The molecule has 2 aliphatic heterocycles. The fourth-order valence-electron chi connectivity index (χ4n) is 3.36. The van der Waals surface area contributed by atoms with E-state index < -0.39 is 21.7 Å². The van der Waals surface area contributed by atoms with Crippen molar-refractivity contribution in [1.82, 2.24) is 9.62 Å². The summed E-state index contributed by atoms with van der Waals surface area (Å²) < 4.78 is 53.7. The largest absolute Gasteiger partial charge is 0.398 e. The maximum absolute atomic E-state index is 13.9. The van der Waals surface area contributed by atoms with Crippen molar-refractivity contribution in [1.29, 1.82) is 0 Å². The number of anilines is 1. The number of nitrogens with zero attached hydrogens (tertiary/aromatic N) is 1. The van der Waals surface area contributed by atoms with E-state index in [0.29, 0.717) is 25.9 Å². The van der Waals surface area contributed by atoms with E-state index in [9.17, 15) is 17.2 Å². The Balaban J connectivity index is 1.79. The van der Waals surface area contributed by atoms with E-state index in [2.05, 4.69) is 11.9 Å². The van der Waals surface area contributed by atoms with Crippen molar-refractivity contribution in [2.75, 3.05) is 24.6 Å². The summed E-state index contributed by atoms with van der Waals surface area (Å²) in [6.45, 7) is 4.75. The quantitative estimate of drug-likeness (QED) is 0.634. The fourth-order valence-corrected chi connectivity index (χ4v) is 5.12. The van der Waals surface area contributed by atoms with Crippen molar-refractivity contribution < 1.29 is 17.2 Å². The van der Waals surface area contributed by atoms with Gasteiger partial charge in [-0.25, -0.2) is 17.2 Å². The highest BCUT2D eigenvalue weighted by atomic mass is 32.2. The predicted octanol–water partition coefficient (Wildman–Crippen LogP) is 1.41. The average Bonchev–Trinajstić information content (AvgIpc) is 2.64. The summed E-state index contributed by atoms with van der Waals surface area (Å²) in [6.07, 6.45) is 0.990. The minimum Gasteiger partial charge on any atom is -0.398 e. The normalized spacial score (nSPS) is 29.2. The van der Waals surface area contributed by atoms with Gasteiger partial charge >= 0.3 is 0 Å². The minimum absolute atomic E-state index is 0.0387. The standard InChI is InChI=1S/C16H21F2N3O2S/c1-10-6-7-24(22,23)21-9-15(10)20-8-11(21)2-3-12-14(19)5-4-13(17)16(12)18/h4-5,11,15,20H,1-3,6-9,19H2/t11-,15-/m0/s1. The van der Waals surface area contributed by atoms with Gasteiger partial charge in [0.1, 0.15) is 0 Å². The van der Waals surface area contributed by atoms with Gasteiger partial charge in [0, 0.05) is 36.4 Å². The number of fused-ring (bicyclic) bond motifs is 2. The van der Waals surface area contributed by atoms with E-state index in [4.69, 9.17) is 5.73 Å².